The third kappa shape index (κ3) is 6.46. The second-order valence-electron chi connectivity index (χ2n) is 4.90. The van der Waals surface area contributed by atoms with Gasteiger partial charge in [0.25, 0.3) is 0 Å². The van der Waals surface area contributed by atoms with Crippen LogP contribution in [0.5, 0.6) is 0 Å². The maximum atomic E-state index is 9.62. The average molecular weight is 229 g/mol. The maximum absolute atomic E-state index is 9.62. The Morgan fingerprint density at radius 1 is 1.31 bits per heavy atom. The summed E-state index contributed by atoms with van der Waals surface area (Å²) < 4.78 is 5.58. The fraction of sp³-hybridized carbons (Fsp3) is 1.00. The average Bonchev–Trinajstić information content (AvgIpc) is 2.31. The summed E-state index contributed by atoms with van der Waals surface area (Å²) >= 11 is 0. The zero-order valence-corrected chi connectivity index (χ0v) is 10.6. The van der Waals surface area contributed by atoms with Crippen molar-refractivity contribution in [2.75, 3.05) is 26.3 Å². The van der Waals surface area contributed by atoms with Crippen LogP contribution in [-0.2, 0) is 4.74 Å². The van der Waals surface area contributed by atoms with Crippen LogP contribution >= 0.6 is 0 Å². The molecule has 3 nitrogen and oxygen atoms in total. The van der Waals surface area contributed by atoms with E-state index in [2.05, 4.69) is 12.2 Å². The molecule has 0 bridgehead atoms. The van der Waals surface area contributed by atoms with Gasteiger partial charge in [0, 0.05) is 13.2 Å². The largest absolute Gasteiger partial charge is 0.389 e. The highest BCUT2D eigenvalue weighted by atomic mass is 16.5. The van der Waals surface area contributed by atoms with Gasteiger partial charge in [-0.1, -0.05) is 26.2 Å². The molecule has 3 heteroatoms. The monoisotopic (exact) mass is 229 g/mol. The van der Waals surface area contributed by atoms with Gasteiger partial charge in [-0.05, 0) is 31.7 Å². The van der Waals surface area contributed by atoms with Gasteiger partial charge in [-0.25, -0.2) is 0 Å². The molecule has 0 aromatic rings. The molecule has 16 heavy (non-hydrogen) atoms. The Hall–Kier alpha value is -0.120. The molecule has 1 atom stereocenters. The molecule has 1 fully saturated rings. The molecule has 1 aliphatic rings. The standard InChI is InChI=1S/C13H27NO2/c1-2-8-14-9-13(15)11-16-10-12-6-4-3-5-7-12/h12-15H,2-11H2,1H3. The molecule has 0 saturated heterocycles. The quantitative estimate of drug-likeness (QED) is 0.625. The first-order valence-corrected chi connectivity index (χ1v) is 6.79. The summed E-state index contributed by atoms with van der Waals surface area (Å²) in [4.78, 5) is 0. The van der Waals surface area contributed by atoms with Crippen LogP contribution in [-0.4, -0.2) is 37.5 Å². The van der Waals surface area contributed by atoms with Crippen LogP contribution in [0.3, 0.4) is 0 Å². The summed E-state index contributed by atoms with van der Waals surface area (Å²) in [6, 6.07) is 0. The molecule has 96 valence electrons. The van der Waals surface area contributed by atoms with Crippen LogP contribution in [0.15, 0.2) is 0 Å². The van der Waals surface area contributed by atoms with Crippen molar-refractivity contribution in [3.63, 3.8) is 0 Å². The number of ether oxygens (including phenoxy) is 1. The van der Waals surface area contributed by atoms with Gasteiger partial charge >= 0.3 is 0 Å². The van der Waals surface area contributed by atoms with Gasteiger partial charge in [-0.3, -0.25) is 0 Å². The van der Waals surface area contributed by atoms with Gasteiger partial charge < -0.3 is 15.2 Å². The van der Waals surface area contributed by atoms with E-state index in [1.807, 2.05) is 0 Å². The fourth-order valence-electron chi connectivity index (χ4n) is 2.23. The summed E-state index contributed by atoms with van der Waals surface area (Å²) in [5.74, 6) is 0.740. The Balaban J connectivity index is 1.92. The Morgan fingerprint density at radius 3 is 2.75 bits per heavy atom. The number of aliphatic hydroxyl groups is 1. The van der Waals surface area contributed by atoms with E-state index in [-0.39, 0.29) is 6.10 Å². The van der Waals surface area contributed by atoms with E-state index in [0.717, 1.165) is 25.5 Å². The highest BCUT2D eigenvalue weighted by Crippen LogP contribution is 2.23. The number of rotatable bonds is 8. The fourth-order valence-corrected chi connectivity index (χ4v) is 2.23. The topological polar surface area (TPSA) is 41.5 Å². The number of hydrogen-bond donors (Lipinski definition) is 2. The van der Waals surface area contributed by atoms with Crippen molar-refractivity contribution in [2.24, 2.45) is 5.92 Å². The predicted molar refractivity (Wildman–Crippen MR) is 66.6 cm³/mol. The van der Waals surface area contributed by atoms with Gasteiger partial charge in [-0.2, -0.15) is 0 Å². The summed E-state index contributed by atoms with van der Waals surface area (Å²) in [7, 11) is 0. The Morgan fingerprint density at radius 2 is 2.06 bits per heavy atom. The van der Waals surface area contributed by atoms with E-state index in [4.69, 9.17) is 4.74 Å². The maximum Gasteiger partial charge on any atom is 0.0897 e. The molecule has 1 aliphatic carbocycles. The van der Waals surface area contributed by atoms with Crippen LogP contribution in [0.4, 0.5) is 0 Å². The first kappa shape index (κ1) is 13.9. The van der Waals surface area contributed by atoms with Gasteiger partial charge in [-0.15, -0.1) is 0 Å². The number of hydrogen-bond acceptors (Lipinski definition) is 3. The highest BCUT2D eigenvalue weighted by molar-refractivity contribution is 4.65. The molecule has 0 heterocycles. The zero-order valence-electron chi connectivity index (χ0n) is 10.6. The van der Waals surface area contributed by atoms with Crippen molar-refractivity contribution in [1.82, 2.24) is 5.32 Å². The van der Waals surface area contributed by atoms with Crippen LogP contribution in [0.2, 0.25) is 0 Å². The molecular weight excluding hydrogens is 202 g/mol. The van der Waals surface area contributed by atoms with Crippen LogP contribution in [0.25, 0.3) is 0 Å². The molecule has 1 rings (SSSR count). The lowest BCUT2D eigenvalue weighted by molar-refractivity contribution is 0.0160. The third-order valence-electron chi connectivity index (χ3n) is 3.20. The van der Waals surface area contributed by atoms with Crippen molar-refractivity contribution in [2.45, 2.75) is 51.6 Å². The first-order chi connectivity index (χ1) is 7.83. The van der Waals surface area contributed by atoms with Gasteiger partial charge in [0.2, 0.25) is 0 Å². The molecule has 0 spiro atoms. The van der Waals surface area contributed by atoms with Gasteiger partial charge in [0.15, 0.2) is 0 Å². The Kier molecular flexibility index (Phi) is 7.81. The van der Waals surface area contributed by atoms with E-state index in [9.17, 15) is 5.11 Å². The molecular formula is C13H27NO2. The summed E-state index contributed by atoms with van der Waals surface area (Å²) in [5.41, 5.74) is 0. The van der Waals surface area contributed by atoms with Crippen LogP contribution in [0, 0.1) is 5.92 Å². The zero-order chi connectivity index (χ0) is 11.6. The molecule has 0 radical (unpaired) electrons. The summed E-state index contributed by atoms with van der Waals surface area (Å²) in [6.45, 7) is 5.06. The van der Waals surface area contributed by atoms with E-state index in [1.54, 1.807) is 0 Å². The van der Waals surface area contributed by atoms with Crippen LogP contribution in [0.1, 0.15) is 45.4 Å². The third-order valence-corrected chi connectivity index (χ3v) is 3.20. The minimum absolute atomic E-state index is 0.352. The summed E-state index contributed by atoms with van der Waals surface area (Å²) in [6.07, 6.45) is 7.48. The first-order valence-electron chi connectivity index (χ1n) is 6.79. The van der Waals surface area contributed by atoms with E-state index in [1.165, 1.54) is 32.1 Å². The van der Waals surface area contributed by atoms with E-state index >= 15 is 0 Å². The van der Waals surface area contributed by atoms with Crippen molar-refractivity contribution < 1.29 is 9.84 Å². The molecule has 0 aliphatic heterocycles. The van der Waals surface area contributed by atoms with E-state index < -0.39 is 0 Å². The van der Waals surface area contributed by atoms with Crippen molar-refractivity contribution in [1.29, 1.82) is 0 Å². The molecule has 2 N–H and O–H groups in total. The van der Waals surface area contributed by atoms with Crippen molar-refractivity contribution >= 4 is 0 Å². The SMILES string of the molecule is CCCNCC(O)COCC1CCCCC1. The normalized spacial score (nSPS) is 19.9. The molecule has 0 aromatic carbocycles. The van der Waals surface area contributed by atoms with Gasteiger partial charge in [0.05, 0.1) is 12.7 Å². The van der Waals surface area contributed by atoms with Crippen LogP contribution < -0.4 is 5.32 Å². The summed E-state index contributed by atoms with van der Waals surface area (Å²) in [5, 5.41) is 12.8. The number of nitrogens with one attached hydrogen (secondary N) is 1. The lowest BCUT2D eigenvalue weighted by atomic mass is 9.90. The van der Waals surface area contributed by atoms with Gasteiger partial charge in [0.1, 0.15) is 0 Å². The molecule has 1 unspecified atom stereocenters. The van der Waals surface area contributed by atoms with Crippen molar-refractivity contribution in [3.8, 4) is 0 Å². The highest BCUT2D eigenvalue weighted by Gasteiger charge is 2.14. The Labute approximate surface area is 99.6 Å². The second-order valence-corrected chi connectivity index (χ2v) is 4.90. The second kappa shape index (κ2) is 8.97. The lowest BCUT2D eigenvalue weighted by Gasteiger charge is -2.22. The molecule has 0 aromatic heterocycles. The number of aliphatic hydroxyl groups excluding tert-OH is 1. The molecule has 1 saturated carbocycles. The van der Waals surface area contributed by atoms with Crippen molar-refractivity contribution in [3.05, 3.63) is 0 Å². The predicted octanol–water partition coefficient (Wildman–Crippen LogP) is 1.94. The minimum atomic E-state index is -0.352. The smallest absolute Gasteiger partial charge is 0.0897 e. The minimum Gasteiger partial charge on any atom is -0.389 e. The molecule has 0 amide bonds. The lowest BCUT2D eigenvalue weighted by Crippen LogP contribution is -2.31. The van der Waals surface area contributed by atoms with E-state index in [0.29, 0.717) is 13.2 Å². The Bertz CT molecular complexity index is 158.